The Morgan fingerprint density at radius 1 is 0.333 bits per heavy atom. The fourth-order valence-corrected chi connectivity index (χ4v) is 20.1. The molecule has 4 saturated carbocycles. The molecule has 0 aromatic carbocycles. The van der Waals surface area contributed by atoms with Crippen molar-refractivity contribution in [1.29, 1.82) is 0 Å². The van der Waals surface area contributed by atoms with Crippen molar-refractivity contribution in [2.24, 2.45) is 23.7 Å². The molecule has 16 heterocycles. The molecule has 0 N–H and O–H groups in total. The summed E-state index contributed by atoms with van der Waals surface area (Å²) in [5.74, 6) is 4.34. The van der Waals surface area contributed by atoms with Gasteiger partial charge in [-0.05, 0) is 186 Å². The predicted octanol–water partition coefficient (Wildman–Crippen LogP) is 15.0. The second-order valence-electron chi connectivity index (χ2n) is 30.7. The molecule has 8 fully saturated rings. The first-order chi connectivity index (χ1) is 55.6. The van der Waals surface area contributed by atoms with Crippen molar-refractivity contribution < 1.29 is 38.1 Å². The third kappa shape index (κ3) is 16.1. The van der Waals surface area contributed by atoms with E-state index < -0.39 is 0 Å². The van der Waals surface area contributed by atoms with Gasteiger partial charge in [-0.3, -0.25) is 39.1 Å². The van der Waals surface area contributed by atoms with E-state index in [0.717, 1.165) is 142 Å². The fraction of sp³-hybridized carbons (Fsp3) is 0.349. The van der Waals surface area contributed by atoms with Crippen LogP contribution in [0.4, 0.5) is 0 Å². The van der Waals surface area contributed by atoms with Crippen LogP contribution in [-0.4, -0.2) is 178 Å². The second kappa shape index (κ2) is 33.1. The van der Waals surface area contributed by atoms with Crippen molar-refractivity contribution in [3.63, 3.8) is 0 Å². The lowest BCUT2D eigenvalue weighted by atomic mass is 10.0. The maximum Gasteiger partial charge on any atom is 0.273 e. The Hall–Kier alpha value is -11.2. The largest absolute Gasteiger partial charge is 0.472 e. The lowest BCUT2D eigenvalue weighted by Crippen LogP contribution is -2.47. The number of pyridine rings is 8. The quantitative estimate of drug-likeness (QED) is 0.0869. The zero-order chi connectivity index (χ0) is 78.1. The van der Waals surface area contributed by atoms with E-state index in [-0.39, 0.29) is 72.2 Å². The maximum absolute atomic E-state index is 13.5. The normalized spacial score (nSPS) is 23.0. The molecular weight excluding hydrogens is 1510 g/mol. The number of ether oxygens (including phenoxy) is 4. The van der Waals surface area contributed by atoms with E-state index in [4.69, 9.17) is 18.9 Å². The first-order valence-corrected chi connectivity index (χ1v) is 42.1. The average molecular weight is 1600 g/mol. The number of thiazole rings is 4. The number of carbonyl (C=O) groups is 4. The number of aryl methyl sites for hydroxylation is 6. The third-order valence-electron chi connectivity index (χ3n) is 22.6. The Bertz CT molecular complexity index is 5130. The Balaban J connectivity index is 0.000000110. The molecule has 8 bridgehead atoms. The minimum absolute atomic E-state index is 0.0102. The van der Waals surface area contributed by atoms with Crippen molar-refractivity contribution in [3.05, 3.63) is 237 Å². The first-order valence-electron chi connectivity index (χ1n) is 38.6. The van der Waals surface area contributed by atoms with Crippen molar-refractivity contribution in [3.8, 4) is 66.1 Å². The molecule has 4 aliphatic carbocycles. The molecule has 12 aromatic rings. The molecule has 580 valence electrons. The number of fused-ring (bicyclic) bond motifs is 8. The van der Waals surface area contributed by atoms with Gasteiger partial charge in [0.05, 0.1) is 35.3 Å². The summed E-state index contributed by atoms with van der Waals surface area (Å²) in [4.78, 5) is 114. The van der Waals surface area contributed by atoms with Crippen LogP contribution in [0, 0.1) is 65.2 Å². The number of hydrogen-bond donors (Lipinski definition) is 0. The van der Waals surface area contributed by atoms with Crippen LogP contribution in [0.25, 0.3) is 42.5 Å². The molecule has 8 aliphatic rings. The number of aromatic nitrogens is 12. The Morgan fingerprint density at radius 3 is 1.11 bits per heavy atom. The molecule has 24 nitrogen and oxygen atoms in total. The van der Waals surface area contributed by atoms with Crippen LogP contribution in [0.2, 0.25) is 0 Å². The highest BCUT2D eigenvalue weighted by atomic mass is 32.1. The van der Waals surface area contributed by atoms with E-state index >= 15 is 0 Å². The van der Waals surface area contributed by atoms with Crippen LogP contribution >= 0.6 is 45.3 Å². The van der Waals surface area contributed by atoms with Crippen LogP contribution in [-0.2, 0) is 0 Å². The molecule has 20 rings (SSSR count). The van der Waals surface area contributed by atoms with Gasteiger partial charge in [0, 0.05) is 157 Å². The topological polar surface area (TPSA) is 273 Å². The van der Waals surface area contributed by atoms with Gasteiger partial charge < -0.3 is 38.5 Å². The Morgan fingerprint density at radius 2 is 0.702 bits per heavy atom. The molecule has 114 heavy (non-hydrogen) atoms. The summed E-state index contributed by atoms with van der Waals surface area (Å²) in [6.07, 6.45) is 28.8. The van der Waals surface area contributed by atoms with Gasteiger partial charge in [0.1, 0.15) is 67.2 Å². The monoisotopic (exact) mass is 1600 g/mol. The molecule has 4 amide bonds. The van der Waals surface area contributed by atoms with Gasteiger partial charge in [0.25, 0.3) is 23.6 Å². The minimum atomic E-state index is -0.0385. The predicted molar refractivity (Wildman–Crippen MR) is 435 cm³/mol. The van der Waals surface area contributed by atoms with E-state index in [9.17, 15) is 19.2 Å². The van der Waals surface area contributed by atoms with Crippen LogP contribution in [0.15, 0.2) is 181 Å². The molecule has 4 saturated heterocycles. The van der Waals surface area contributed by atoms with E-state index in [1.165, 1.54) is 45.3 Å². The van der Waals surface area contributed by atoms with Crippen LogP contribution in [0.1, 0.15) is 126 Å². The summed E-state index contributed by atoms with van der Waals surface area (Å²) < 4.78 is 24.6. The molecule has 28 heteroatoms. The summed E-state index contributed by atoms with van der Waals surface area (Å²) in [5, 5.41) is 10.8. The highest BCUT2D eigenvalue weighted by molar-refractivity contribution is 7.14. The molecule has 12 aromatic heterocycles. The summed E-state index contributed by atoms with van der Waals surface area (Å²) >= 11 is 6.03. The van der Waals surface area contributed by atoms with Gasteiger partial charge in [-0.25, -0.2) is 39.9 Å². The van der Waals surface area contributed by atoms with Crippen molar-refractivity contribution in [2.75, 3.05) is 26.2 Å². The highest BCUT2D eigenvalue weighted by Gasteiger charge is 2.53. The summed E-state index contributed by atoms with van der Waals surface area (Å²) in [7, 11) is 0. The summed E-state index contributed by atoms with van der Waals surface area (Å²) in [5.41, 5.74) is 11.5. The number of rotatable bonds is 16. The number of carbonyl (C=O) groups excluding carboxylic acids is 4. The Labute approximate surface area is 676 Å². The van der Waals surface area contributed by atoms with E-state index in [1.54, 1.807) is 62.0 Å². The van der Waals surface area contributed by atoms with E-state index in [1.807, 2.05) is 180 Å². The third-order valence-corrected chi connectivity index (χ3v) is 25.8. The van der Waals surface area contributed by atoms with Gasteiger partial charge in [-0.1, -0.05) is 24.3 Å². The van der Waals surface area contributed by atoms with Crippen molar-refractivity contribution in [2.45, 2.75) is 141 Å². The maximum atomic E-state index is 13.5. The number of hydrogen-bond acceptors (Lipinski definition) is 24. The van der Waals surface area contributed by atoms with Crippen molar-refractivity contribution in [1.82, 2.24) is 79.4 Å². The van der Waals surface area contributed by atoms with E-state index in [2.05, 4.69) is 59.8 Å². The molecule has 0 spiro atoms. The van der Waals surface area contributed by atoms with Crippen LogP contribution < -0.4 is 18.9 Å². The highest BCUT2D eigenvalue weighted by Crippen LogP contribution is 2.46. The molecule has 4 aliphatic heterocycles. The molecule has 12 unspecified atom stereocenters. The molecule has 0 radical (unpaired) electrons. The Kier molecular flexibility index (Phi) is 21.9. The zero-order valence-corrected chi connectivity index (χ0v) is 67.1. The van der Waals surface area contributed by atoms with E-state index in [0.29, 0.717) is 81.1 Å². The minimum Gasteiger partial charge on any atom is -0.472 e. The number of amides is 4. The second-order valence-corrected chi connectivity index (χ2v) is 34.3. The number of likely N-dealkylation sites (tertiary alicyclic amines) is 4. The summed E-state index contributed by atoms with van der Waals surface area (Å²) in [6.45, 7) is 15.0. The van der Waals surface area contributed by atoms with Gasteiger partial charge in [-0.2, -0.15) is 0 Å². The van der Waals surface area contributed by atoms with Crippen LogP contribution in [0.3, 0.4) is 0 Å². The number of piperidine rings is 4. The van der Waals surface area contributed by atoms with Gasteiger partial charge in [0.15, 0.2) is 0 Å². The van der Waals surface area contributed by atoms with Crippen LogP contribution in [0.5, 0.6) is 23.5 Å². The fourth-order valence-electron chi connectivity index (χ4n) is 17.4. The SMILES string of the molecule is Cc1ccc(OC2CC3CC2N(C(=O)c2cc(C)cnc2-c2nccs2)C3)nc1.Cc1ccc(OC2CC3CC2N(C(=O)c2cccnc2-c2nccs2)C3)nc1.Cc1ccc(OC2CC3CC2N(C(=O)c2nccc(C)c2-c2nccs2)C3)nc1.Cc1ccc(OC2CC3CC2N(C(=O)c2ncccc2-c2nccs2)C3)nc1. The average Bonchev–Trinajstić information content (AvgIpc) is 1.63. The summed E-state index contributed by atoms with van der Waals surface area (Å²) in [6, 6.07) is 27.1. The van der Waals surface area contributed by atoms with Gasteiger partial charge in [0.2, 0.25) is 23.5 Å². The first kappa shape index (κ1) is 75.5. The molecular formula is C86H84N16O8S4. The lowest BCUT2D eigenvalue weighted by molar-refractivity contribution is 0.0459. The standard InChI is InChI=1S/2C22H22N4O2S.2C21H20N4O2S/c1-13-3-4-19(24-10-13)28-18-9-15-8-17(18)26(12-15)22(27)16-7-14(2)11-25-20(16)21-23-5-6-29-21;1-13-3-4-18(25-11-13)28-17-10-15-9-16(17)26(12-15)22(27)20-19(14(2)5-6-23-20)21-24-7-8-29-21;1-13-4-5-18(24-11-13)27-17-10-14-9-16(17)25(12-14)21(26)15-3-2-6-22-19(15)20-23-7-8-28-20;1-13-4-5-18(24-11-13)27-17-10-14-9-16(17)25(12-14)21(26)19-15(3-2-6-22-19)20-23-7-8-28-20/h3-7,10-11,15,17-18H,8-9,12H2,1-2H3;3-8,11,15-17H,9-10,12H2,1-2H3;2*2-8,11,14,16-17H,9-10,12H2,1H3. The van der Waals surface area contributed by atoms with Crippen molar-refractivity contribution >= 4 is 69.0 Å². The van der Waals surface area contributed by atoms with Gasteiger partial charge >= 0.3 is 0 Å². The lowest BCUT2D eigenvalue weighted by Gasteiger charge is -2.33. The molecule has 12 atom stereocenters. The number of nitrogens with zero attached hydrogens (tertiary/aromatic N) is 16. The van der Waals surface area contributed by atoms with Gasteiger partial charge in [-0.15, -0.1) is 45.3 Å². The smallest absolute Gasteiger partial charge is 0.273 e. The zero-order valence-electron chi connectivity index (χ0n) is 63.8.